The molecule has 5 heteroatoms. The van der Waals surface area contributed by atoms with Crippen LogP contribution >= 0.6 is 0 Å². The summed E-state index contributed by atoms with van der Waals surface area (Å²) in [6.07, 6.45) is 1.73. The maximum Gasteiger partial charge on any atom is 0.264 e. The van der Waals surface area contributed by atoms with Crippen LogP contribution < -0.4 is 9.04 Å². The van der Waals surface area contributed by atoms with Crippen LogP contribution in [0.15, 0.2) is 59.5 Å². The second-order valence-electron chi connectivity index (χ2n) is 4.94. The summed E-state index contributed by atoms with van der Waals surface area (Å²) < 4.78 is 32.4. The van der Waals surface area contributed by atoms with Gasteiger partial charge in [-0.05, 0) is 42.8 Å². The van der Waals surface area contributed by atoms with Crippen molar-refractivity contribution in [3.63, 3.8) is 0 Å². The topological polar surface area (TPSA) is 46.6 Å². The summed E-state index contributed by atoms with van der Waals surface area (Å²) in [5.41, 5.74) is 0.651. The molecule has 0 aliphatic rings. The largest absolute Gasteiger partial charge is 0.497 e. The van der Waals surface area contributed by atoms with Gasteiger partial charge in [0.1, 0.15) is 5.75 Å². The molecule has 0 atom stereocenters. The van der Waals surface area contributed by atoms with Crippen molar-refractivity contribution in [2.75, 3.05) is 18.0 Å². The average Bonchev–Trinajstić information content (AvgIpc) is 2.56. The molecule has 0 N–H and O–H groups in total. The molecular formula is C17H21NO3S. The first-order chi connectivity index (χ1) is 10.6. The third-order valence-corrected chi connectivity index (χ3v) is 5.25. The Hall–Kier alpha value is -2.01. The Morgan fingerprint density at radius 2 is 1.64 bits per heavy atom. The van der Waals surface area contributed by atoms with Gasteiger partial charge < -0.3 is 4.74 Å². The van der Waals surface area contributed by atoms with E-state index in [1.165, 1.54) is 4.31 Å². The summed E-state index contributed by atoms with van der Waals surface area (Å²) >= 11 is 0. The van der Waals surface area contributed by atoms with E-state index in [9.17, 15) is 8.42 Å². The summed E-state index contributed by atoms with van der Waals surface area (Å²) in [6, 6.07) is 15.6. The Labute approximate surface area is 132 Å². The third-order valence-electron chi connectivity index (χ3n) is 3.41. The molecule has 0 aliphatic carbocycles. The molecule has 0 aromatic heterocycles. The third kappa shape index (κ3) is 3.60. The number of methoxy groups -OCH3 is 1. The number of anilines is 1. The van der Waals surface area contributed by atoms with E-state index in [2.05, 4.69) is 0 Å². The predicted octanol–water partition coefficient (Wildman–Crippen LogP) is 3.69. The standard InChI is InChI=1S/C17H21NO3S/c1-3-4-14-18(15-10-12-16(21-2)13-11-15)22(19,20)17-8-6-5-7-9-17/h5-13H,3-4,14H2,1-2H3. The van der Waals surface area contributed by atoms with Gasteiger partial charge in [0, 0.05) is 6.54 Å². The number of ether oxygens (including phenoxy) is 1. The van der Waals surface area contributed by atoms with Gasteiger partial charge in [-0.3, -0.25) is 4.31 Å². The van der Waals surface area contributed by atoms with Crippen molar-refractivity contribution in [1.82, 2.24) is 0 Å². The van der Waals surface area contributed by atoms with E-state index >= 15 is 0 Å². The van der Waals surface area contributed by atoms with Crippen LogP contribution in [0.4, 0.5) is 5.69 Å². The van der Waals surface area contributed by atoms with Crippen molar-refractivity contribution in [2.45, 2.75) is 24.7 Å². The lowest BCUT2D eigenvalue weighted by atomic mass is 10.3. The van der Waals surface area contributed by atoms with Crippen LogP contribution in [-0.2, 0) is 10.0 Å². The maximum atomic E-state index is 12.9. The summed E-state index contributed by atoms with van der Waals surface area (Å²) in [5.74, 6) is 0.705. The minimum atomic E-state index is -3.55. The zero-order valence-electron chi connectivity index (χ0n) is 12.9. The van der Waals surface area contributed by atoms with E-state index in [0.29, 0.717) is 22.9 Å². The number of nitrogens with zero attached hydrogens (tertiary/aromatic N) is 1. The molecule has 0 unspecified atom stereocenters. The highest BCUT2D eigenvalue weighted by Gasteiger charge is 2.24. The molecule has 0 fully saturated rings. The van der Waals surface area contributed by atoms with Crippen molar-refractivity contribution in [3.05, 3.63) is 54.6 Å². The Morgan fingerprint density at radius 1 is 1.00 bits per heavy atom. The fraction of sp³-hybridized carbons (Fsp3) is 0.294. The molecule has 22 heavy (non-hydrogen) atoms. The second-order valence-corrected chi connectivity index (χ2v) is 6.80. The van der Waals surface area contributed by atoms with Crippen LogP contribution in [0.5, 0.6) is 5.75 Å². The average molecular weight is 319 g/mol. The zero-order valence-corrected chi connectivity index (χ0v) is 13.7. The van der Waals surface area contributed by atoms with Crippen LogP contribution in [-0.4, -0.2) is 22.1 Å². The van der Waals surface area contributed by atoms with Gasteiger partial charge in [0.25, 0.3) is 10.0 Å². The van der Waals surface area contributed by atoms with E-state index < -0.39 is 10.0 Å². The van der Waals surface area contributed by atoms with Gasteiger partial charge in [-0.15, -0.1) is 0 Å². The molecule has 0 amide bonds. The fourth-order valence-corrected chi connectivity index (χ4v) is 3.68. The summed E-state index contributed by atoms with van der Waals surface area (Å²) in [7, 11) is -1.97. The lowest BCUT2D eigenvalue weighted by molar-refractivity contribution is 0.415. The predicted molar refractivity (Wildman–Crippen MR) is 88.9 cm³/mol. The van der Waals surface area contributed by atoms with E-state index in [1.54, 1.807) is 55.6 Å². The number of unbranched alkanes of at least 4 members (excludes halogenated alkanes) is 1. The van der Waals surface area contributed by atoms with Gasteiger partial charge >= 0.3 is 0 Å². The Morgan fingerprint density at radius 3 is 2.18 bits per heavy atom. The molecule has 0 bridgehead atoms. The summed E-state index contributed by atoms with van der Waals surface area (Å²) in [5, 5.41) is 0. The normalized spacial score (nSPS) is 11.2. The maximum absolute atomic E-state index is 12.9. The van der Waals surface area contributed by atoms with E-state index in [-0.39, 0.29) is 0 Å². The Bertz CT molecular complexity index is 682. The molecule has 2 aromatic rings. The highest BCUT2D eigenvalue weighted by atomic mass is 32.2. The second kappa shape index (κ2) is 7.31. The molecule has 0 aliphatic heterocycles. The summed E-state index contributed by atoms with van der Waals surface area (Å²) in [4.78, 5) is 0.307. The molecule has 0 radical (unpaired) electrons. The van der Waals surface area contributed by atoms with Crippen LogP contribution in [0.25, 0.3) is 0 Å². The highest BCUT2D eigenvalue weighted by molar-refractivity contribution is 7.92. The van der Waals surface area contributed by atoms with Gasteiger partial charge in [0.2, 0.25) is 0 Å². The highest BCUT2D eigenvalue weighted by Crippen LogP contribution is 2.26. The van der Waals surface area contributed by atoms with E-state index in [4.69, 9.17) is 4.74 Å². The van der Waals surface area contributed by atoms with Crippen molar-refractivity contribution in [1.29, 1.82) is 0 Å². The summed E-state index contributed by atoms with van der Waals surface area (Å²) in [6.45, 7) is 2.50. The molecule has 2 rings (SSSR count). The lowest BCUT2D eigenvalue weighted by Crippen LogP contribution is -2.32. The van der Waals surface area contributed by atoms with Gasteiger partial charge in [0.15, 0.2) is 0 Å². The number of benzene rings is 2. The van der Waals surface area contributed by atoms with Crippen molar-refractivity contribution in [2.24, 2.45) is 0 Å². The van der Waals surface area contributed by atoms with Gasteiger partial charge in [-0.25, -0.2) is 8.42 Å². The van der Waals surface area contributed by atoms with Crippen LogP contribution in [0.2, 0.25) is 0 Å². The molecular weight excluding hydrogens is 298 g/mol. The van der Waals surface area contributed by atoms with Crippen molar-refractivity contribution < 1.29 is 13.2 Å². The van der Waals surface area contributed by atoms with Gasteiger partial charge in [-0.1, -0.05) is 31.5 Å². The van der Waals surface area contributed by atoms with Crippen LogP contribution in [0, 0.1) is 0 Å². The quantitative estimate of drug-likeness (QED) is 0.782. The smallest absolute Gasteiger partial charge is 0.264 e. The lowest BCUT2D eigenvalue weighted by Gasteiger charge is -2.24. The fourth-order valence-electron chi connectivity index (χ4n) is 2.16. The molecule has 0 saturated carbocycles. The Kier molecular flexibility index (Phi) is 5.44. The van der Waals surface area contributed by atoms with Crippen LogP contribution in [0.3, 0.4) is 0 Å². The number of hydrogen-bond acceptors (Lipinski definition) is 3. The van der Waals surface area contributed by atoms with Crippen molar-refractivity contribution >= 4 is 15.7 Å². The van der Waals surface area contributed by atoms with Crippen molar-refractivity contribution in [3.8, 4) is 5.75 Å². The zero-order chi connectivity index (χ0) is 16.0. The van der Waals surface area contributed by atoms with Gasteiger partial charge in [-0.2, -0.15) is 0 Å². The van der Waals surface area contributed by atoms with Gasteiger partial charge in [0.05, 0.1) is 17.7 Å². The first-order valence-corrected chi connectivity index (χ1v) is 8.75. The van der Waals surface area contributed by atoms with Crippen LogP contribution in [0.1, 0.15) is 19.8 Å². The molecule has 4 nitrogen and oxygen atoms in total. The molecule has 118 valence electrons. The number of rotatable bonds is 7. The number of sulfonamides is 1. The minimum Gasteiger partial charge on any atom is -0.497 e. The van der Waals surface area contributed by atoms with E-state index in [0.717, 1.165) is 12.8 Å². The minimum absolute atomic E-state index is 0.307. The molecule has 0 saturated heterocycles. The first kappa shape index (κ1) is 16.4. The molecule has 0 heterocycles. The monoisotopic (exact) mass is 319 g/mol. The Balaban J connectivity index is 2.40. The van der Waals surface area contributed by atoms with E-state index in [1.807, 2.05) is 13.0 Å². The SMILES string of the molecule is CCCCN(c1ccc(OC)cc1)S(=O)(=O)c1ccccc1. The number of hydrogen-bond donors (Lipinski definition) is 0. The molecule has 0 spiro atoms. The molecule has 2 aromatic carbocycles. The first-order valence-electron chi connectivity index (χ1n) is 7.31.